The Kier molecular flexibility index (Phi) is 5.64. The van der Waals surface area contributed by atoms with Crippen LogP contribution in [-0.2, 0) is 4.74 Å². The molecule has 31 heavy (non-hydrogen) atoms. The van der Waals surface area contributed by atoms with Crippen LogP contribution in [0.15, 0.2) is 59.8 Å². The fourth-order valence-electron chi connectivity index (χ4n) is 3.98. The lowest BCUT2D eigenvalue weighted by atomic mass is 9.99. The molecule has 0 bridgehead atoms. The molecule has 1 amide bonds. The molecule has 1 aromatic heterocycles. The van der Waals surface area contributed by atoms with Gasteiger partial charge in [-0.3, -0.25) is 4.79 Å². The van der Waals surface area contributed by atoms with Crippen LogP contribution in [0.1, 0.15) is 33.3 Å². The van der Waals surface area contributed by atoms with E-state index in [4.69, 9.17) is 4.74 Å². The van der Waals surface area contributed by atoms with Gasteiger partial charge >= 0.3 is 5.97 Å². The first-order chi connectivity index (χ1) is 15.1. The molecule has 2 aromatic carbocycles. The molecular formula is C23H21N3O5. The van der Waals surface area contributed by atoms with Gasteiger partial charge in [0, 0.05) is 18.7 Å². The second-order valence-electron chi connectivity index (χ2n) is 7.25. The van der Waals surface area contributed by atoms with Crippen LogP contribution in [0.2, 0.25) is 0 Å². The second kappa shape index (κ2) is 8.53. The average molecular weight is 419 g/mol. The van der Waals surface area contributed by atoms with E-state index >= 15 is 0 Å². The van der Waals surface area contributed by atoms with Gasteiger partial charge in [0.15, 0.2) is 0 Å². The number of aliphatic hydroxyl groups is 1. The van der Waals surface area contributed by atoms with Crippen molar-refractivity contribution in [1.82, 2.24) is 9.88 Å². The molecule has 2 N–H and O–H groups in total. The number of benzene rings is 2. The van der Waals surface area contributed by atoms with Crippen molar-refractivity contribution >= 4 is 17.6 Å². The summed E-state index contributed by atoms with van der Waals surface area (Å²) in [5, 5.41) is 15.5. The normalized spacial score (nSPS) is 15.2. The van der Waals surface area contributed by atoms with Gasteiger partial charge in [-0.05, 0) is 53.1 Å². The van der Waals surface area contributed by atoms with E-state index in [2.05, 4.69) is 10.5 Å². The third-order valence-electron chi connectivity index (χ3n) is 5.44. The van der Waals surface area contributed by atoms with Gasteiger partial charge in [-0.1, -0.05) is 24.3 Å². The van der Waals surface area contributed by atoms with Crippen LogP contribution < -0.4 is 5.32 Å². The molecule has 1 aliphatic rings. The Morgan fingerprint density at radius 1 is 1.19 bits per heavy atom. The van der Waals surface area contributed by atoms with Gasteiger partial charge in [0.2, 0.25) is 0 Å². The molecule has 1 aliphatic heterocycles. The number of rotatable bonds is 6. The summed E-state index contributed by atoms with van der Waals surface area (Å²) < 4.78 is 6.70. The fraction of sp³-hybridized carbons (Fsp3) is 0.217. The first-order valence-corrected chi connectivity index (χ1v) is 9.84. The van der Waals surface area contributed by atoms with Crippen LogP contribution in [0.25, 0.3) is 22.4 Å². The quantitative estimate of drug-likeness (QED) is 0.468. The van der Waals surface area contributed by atoms with Crippen LogP contribution in [-0.4, -0.2) is 41.8 Å². The highest BCUT2D eigenvalue weighted by atomic mass is 16.5. The molecule has 4 rings (SSSR count). The molecule has 8 nitrogen and oxygen atoms in total. The first-order valence-electron chi connectivity index (χ1n) is 9.84. The third kappa shape index (κ3) is 3.73. The zero-order chi connectivity index (χ0) is 22.0. The van der Waals surface area contributed by atoms with Gasteiger partial charge in [0.05, 0.1) is 24.4 Å². The van der Waals surface area contributed by atoms with Crippen molar-refractivity contribution in [2.45, 2.75) is 12.5 Å². The molecule has 0 radical (unpaired) electrons. The second-order valence-corrected chi connectivity index (χ2v) is 7.25. The van der Waals surface area contributed by atoms with E-state index in [-0.39, 0.29) is 24.2 Å². The van der Waals surface area contributed by atoms with Crippen LogP contribution >= 0.6 is 0 Å². The molecule has 1 atom stereocenters. The van der Waals surface area contributed by atoms with Crippen molar-refractivity contribution in [3.8, 4) is 22.4 Å². The number of hydrogen-bond acceptors (Lipinski definition) is 6. The largest absolute Gasteiger partial charge is 0.465 e. The lowest BCUT2D eigenvalue weighted by Crippen LogP contribution is -2.39. The monoisotopic (exact) mass is 419 g/mol. The van der Waals surface area contributed by atoms with Crippen LogP contribution in [0.5, 0.6) is 0 Å². The SMILES string of the molecule is COC(=O)c1ccc(-c2c(-c3cccc(N=O)c3)cc3n2C(CCO)CNC3=O)cc1. The highest BCUT2D eigenvalue weighted by molar-refractivity contribution is 5.99. The zero-order valence-electron chi connectivity index (χ0n) is 16.9. The molecule has 0 spiro atoms. The fourth-order valence-corrected chi connectivity index (χ4v) is 3.98. The van der Waals surface area contributed by atoms with E-state index in [0.29, 0.717) is 24.2 Å². The molecule has 1 unspecified atom stereocenters. The summed E-state index contributed by atoms with van der Waals surface area (Å²) in [7, 11) is 1.32. The van der Waals surface area contributed by atoms with Crippen molar-refractivity contribution in [2.75, 3.05) is 20.3 Å². The predicted molar refractivity (Wildman–Crippen MR) is 115 cm³/mol. The summed E-state index contributed by atoms with van der Waals surface area (Å²) in [5.74, 6) is -0.649. The van der Waals surface area contributed by atoms with E-state index in [0.717, 1.165) is 22.4 Å². The van der Waals surface area contributed by atoms with Crippen molar-refractivity contribution < 1.29 is 19.4 Å². The minimum Gasteiger partial charge on any atom is -0.465 e. The number of aromatic nitrogens is 1. The Hall–Kier alpha value is -3.78. The maximum absolute atomic E-state index is 12.6. The lowest BCUT2D eigenvalue weighted by Gasteiger charge is -2.28. The van der Waals surface area contributed by atoms with E-state index in [1.807, 2.05) is 10.6 Å². The lowest BCUT2D eigenvalue weighted by molar-refractivity contribution is 0.0600. The molecule has 2 heterocycles. The van der Waals surface area contributed by atoms with Crippen LogP contribution in [0, 0.1) is 4.91 Å². The Labute approximate surface area is 178 Å². The van der Waals surface area contributed by atoms with Crippen molar-refractivity contribution in [2.24, 2.45) is 5.18 Å². The minimum atomic E-state index is -0.439. The molecule has 0 saturated heterocycles. The summed E-state index contributed by atoms with van der Waals surface area (Å²) in [5.41, 5.74) is 4.21. The van der Waals surface area contributed by atoms with Gasteiger partial charge in [0.1, 0.15) is 11.4 Å². The number of carbonyl (C=O) groups excluding carboxylic acids is 2. The Morgan fingerprint density at radius 3 is 2.65 bits per heavy atom. The van der Waals surface area contributed by atoms with Crippen molar-refractivity contribution in [1.29, 1.82) is 0 Å². The van der Waals surface area contributed by atoms with Crippen molar-refractivity contribution in [3.63, 3.8) is 0 Å². The predicted octanol–water partition coefficient (Wildman–Crippen LogP) is 3.67. The number of carbonyl (C=O) groups is 2. The molecule has 8 heteroatoms. The highest BCUT2D eigenvalue weighted by Gasteiger charge is 2.30. The Bertz CT molecular complexity index is 1150. The number of nitrogens with one attached hydrogen (secondary N) is 1. The number of nitrogens with zero attached hydrogens (tertiary/aromatic N) is 2. The minimum absolute atomic E-state index is 0.0290. The Balaban J connectivity index is 1.95. The Morgan fingerprint density at radius 2 is 1.97 bits per heavy atom. The smallest absolute Gasteiger partial charge is 0.337 e. The molecular weight excluding hydrogens is 398 g/mol. The zero-order valence-corrected chi connectivity index (χ0v) is 16.9. The summed E-state index contributed by atoms with van der Waals surface area (Å²) >= 11 is 0. The van der Waals surface area contributed by atoms with Gasteiger partial charge in [-0.25, -0.2) is 4.79 Å². The number of ether oxygens (including phenoxy) is 1. The highest BCUT2D eigenvalue weighted by Crippen LogP contribution is 2.40. The number of nitroso groups, excluding NO2 is 1. The average Bonchev–Trinajstić information content (AvgIpc) is 3.22. The van der Waals surface area contributed by atoms with Crippen LogP contribution in [0.3, 0.4) is 0 Å². The van der Waals surface area contributed by atoms with Crippen molar-refractivity contribution in [3.05, 3.63) is 70.8 Å². The van der Waals surface area contributed by atoms with E-state index < -0.39 is 5.97 Å². The summed E-state index contributed by atoms with van der Waals surface area (Å²) in [6.45, 7) is 0.364. The number of esters is 1. The van der Waals surface area contributed by atoms with Crippen LogP contribution in [0.4, 0.5) is 5.69 Å². The molecule has 3 aromatic rings. The number of aliphatic hydroxyl groups excluding tert-OH is 1. The summed E-state index contributed by atoms with van der Waals surface area (Å²) in [6.07, 6.45) is 0.463. The van der Waals surface area contributed by atoms with E-state index in [9.17, 15) is 19.6 Å². The number of fused-ring (bicyclic) bond motifs is 1. The number of amides is 1. The molecule has 0 saturated carbocycles. The van der Waals surface area contributed by atoms with Gasteiger partial charge < -0.3 is 19.7 Å². The maximum atomic E-state index is 12.6. The number of methoxy groups -OCH3 is 1. The topological polar surface area (TPSA) is 110 Å². The van der Waals surface area contributed by atoms with E-state index in [1.54, 1.807) is 48.5 Å². The standard InChI is InChI=1S/C23H21N3O5/c1-31-23(29)15-7-5-14(6-8-15)21-19(16-3-2-4-17(11-16)25-30)12-20-22(28)24-13-18(9-10-27)26(20)21/h2-8,11-12,18,27H,9-10,13H2,1H3,(H,24,28). The van der Waals surface area contributed by atoms with Gasteiger partial charge in [-0.2, -0.15) is 0 Å². The first kappa shape index (κ1) is 20.5. The molecule has 0 aliphatic carbocycles. The number of hydrogen-bond donors (Lipinski definition) is 2. The maximum Gasteiger partial charge on any atom is 0.337 e. The molecule has 158 valence electrons. The third-order valence-corrected chi connectivity index (χ3v) is 5.44. The van der Waals surface area contributed by atoms with Gasteiger partial charge in [-0.15, -0.1) is 4.91 Å². The summed E-state index contributed by atoms with van der Waals surface area (Å²) in [4.78, 5) is 35.5. The van der Waals surface area contributed by atoms with E-state index in [1.165, 1.54) is 7.11 Å². The van der Waals surface area contributed by atoms with Gasteiger partial charge in [0.25, 0.3) is 5.91 Å². The molecule has 0 fully saturated rings. The summed E-state index contributed by atoms with van der Waals surface area (Å²) in [6, 6.07) is 15.4.